The number of fused-ring (bicyclic) bond motifs is 2. The smallest absolute Gasteiger partial charge is 0.264 e. The van der Waals surface area contributed by atoms with Crippen molar-refractivity contribution in [1.29, 1.82) is 0 Å². The van der Waals surface area contributed by atoms with Gasteiger partial charge in [0.15, 0.2) is 0 Å². The molecule has 2 N–H and O–H groups in total. The van der Waals surface area contributed by atoms with Crippen LogP contribution in [0.15, 0.2) is 40.9 Å². The van der Waals surface area contributed by atoms with E-state index in [1.165, 1.54) is 11.3 Å². The van der Waals surface area contributed by atoms with Gasteiger partial charge in [-0.05, 0) is 31.5 Å². The van der Waals surface area contributed by atoms with E-state index in [2.05, 4.69) is 15.2 Å². The minimum absolute atomic E-state index is 0.108. The third-order valence-electron chi connectivity index (χ3n) is 7.15. The summed E-state index contributed by atoms with van der Waals surface area (Å²) in [7, 11) is 0. The van der Waals surface area contributed by atoms with Crippen LogP contribution in [0.5, 0.6) is 11.5 Å². The first-order valence-electron chi connectivity index (χ1n) is 13.1. The van der Waals surface area contributed by atoms with E-state index < -0.39 is 6.10 Å². The Balaban J connectivity index is 1.18. The number of aliphatic hydroxyl groups is 1. The molecule has 2 aliphatic rings. The predicted molar refractivity (Wildman–Crippen MR) is 147 cm³/mol. The van der Waals surface area contributed by atoms with Gasteiger partial charge in [0.1, 0.15) is 22.8 Å². The lowest BCUT2D eigenvalue weighted by molar-refractivity contribution is 0.0383. The van der Waals surface area contributed by atoms with Gasteiger partial charge >= 0.3 is 0 Å². The van der Waals surface area contributed by atoms with Crippen molar-refractivity contribution in [2.45, 2.75) is 19.4 Å². The molecule has 2 fully saturated rings. The van der Waals surface area contributed by atoms with Gasteiger partial charge in [-0.15, -0.1) is 11.3 Å². The number of rotatable bonds is 7. The molecule has 11 heteroatoms. The molecule has 39 heavy (non-hydrogen) atoms. The molecule has 6 rings (SSSR count). The lowest BCUT2D eigenvalue weighted by Crippen LogP contribution is -2.41. The molecule has 0 radical (unpaired) electrons. The number of carbonyl (C=O) groups excluding carboxylic acids is 2. The van der Waals surface area contributed by atoms with Crippen molar-refractivity contribution in [3.8, 4) is 11.5 Å². The second-order valence-corrected chi connectivity index (χ2v) is 10.9. The number of ether oxygens (including phenoxy) is 2. The van der Waals surface area contributed by atoms with Gasteiger partial charge in [0.2, 0.25) is 0 Å². The number of carbonyl (C=O) groups is 2. The van der Waals surface area contributed by atoms with Gasteiger partial charge in [0.25, 0.3) is 11.8 Å². The highest BCUT2D eigenvalue weighted by Gasteiger charge is 2.27. The quantitative estimate of drug-likeness (QED) is 0.360. The van der Waals surface area contributed by atoms with Crippen LogP contribution in [0.25, 0.3) is 21.2 Å². The number of likely N-dealkylation sites (tertiary alicyclic amines) is 1. The Labute approximate surface area is 229 Å². The molecule has 0 bridgehead atoms. The van der Waals surface area contributed by atoms with E-state index in [1.807, 2.05) is 6.07 Å². The van der Waals surface area contributed by atoms with E-state index in [4.69, 9.17) is 13.9 Å². The Kier molecular flexibility index (Phi) is 7.22. The van der Waals surface area contributed by atoms with Crippen LogP contribution in [0, 0.1) is 6.92 Å². The molecule has 5 heterocycles. The number of hydrogen-bond acceptors (Lipinski definition) is 9. The standard InChI is InChI=1S/C28H30N4O6S/c1-17-25(27(34)30-7-9-31-10-12-36-13-11-31)20-3-2-19(14-23(20)37-17)38-22-4-6-29-21-15-24(39-26(21)22)28(35)32-8-5-18(33)16-32/h2-4,6,14-15,18,33H,5,7-13,16H2,1H3,(H,30,34)/t18-/m1/s1. The molecule has 1 aromatic carbocycles. The molecule has 4 aromatic rings. The molecule has 10 nitrogen and oxygen atoms in total. The average molecular weight is 551 g/mol. The van der Waals surface area contributed by atoms with Crippen molar-refractivity contribution in [3.63, 3.8) is 0 Å². The maximum absolute atomic E-state index is 13.0. The summed E-state index contributed by atoms with van der Waals surface area (Å²) in [4.78, 5) is 34.8. The number of nitrogens with zero attached hydrogens (tertiary/aromatic N) is 3. The molecule has 2 aliphatic heterocycles. The number of β-amino-alcohol motifs (C(OH)–C–C–N with tert-alkyl or cyclic N) is 1. The summed E-state index contributed by atoms with van der Waals surface area (Å²) in [5, 5.41) is 13.5. The number of benzene rings is 1. The monoisotopic (exact) mass is 550 g/mol. The lowest BCUT2D eigenvalue weighted by atomic mass is 10.1. The zero-order chi connectivity index (χ0) is 26.9. The fourth-order valence-electron chi connectivity index (χ4n) is 5.10. The highest BCUT2D eigenvalue weighted by molar-refractivity contribution is 7.21. The van der Waals surface area contributed by atoms with Gasteiger partial charge in [-0.3, -0.25) is 19.5 Å². The third kappa shape index (κ3) is 5.35. The second-order valence-electron chi connectivity index (χ2n) is 9.83. The number of nitrogens with one attached hydrogen (secondary N) is 1. The summed E-state index contributed by atoms with van der Waals surface area (Å²) in [5.74, 6) is 1.40. The molecular weight excluding hydrogens is 520 g/mol. The molecule has 0 saturated carbocycles. The van der Waals surface area contributed by atoms with Crippen LogP contribution in [0.2, 0.25) is 0 Å². The van der Waals surface area contributed by atoms with Crippen molar-refractivity contribution < 1.29 is 28.6 Å². The van der Waals surface area contributed by atoms with Crippen LogP contribution >= 0.6 is 11.3 Å². The van der Waals surface area contributed by atoms with Crippen LogP contribution in [0.4, 0.5) is 0 Å². The van der Waals surface area contributed by atoms with Crippen molar-refractivity contribution in [1.82, 2.24) is 20.1 Å². The summed E-state index contributed by atoms with van der Waals surface area (Å²) in [6.45, 7) is 7.21. The summed E-state index contributed by atoms with van der Waals surface area (Å²) >= 11 is 1.32. The van der Waals surface area contributed by atoms with Crippen LogP contribution < -0.4 is 10.1 Å². The summed E-state index contributed by atoms with van der Waals surface area (Å²) < 4.78 is 18.3. The average Bonchev–Trinajstić information content (AvgIpc) is 3.65. The van der Waals surface area contributed by atoms with E-state index in [9.17, 15) is 14.7 Å². The normalized spacial score (nSPS) is 18.2. The molecule has 0 spiro atoms. The van der Waals surface area contributed by atoms with E-state index in [-0.39, 0.29) is 11.8 Å². The number of aliphatic hydroxyl groups excluding tert-OH is 1. The highest BCUT2D eigenvalue weighted by atomic mass is 32.1. The first-order chi connectivity index (χ1) is 19.0. The van der Waals surface area contributed by atoms with Crippen LogP contribution in [-0.4, -0.2) is 90.3 Å². The van der Waals surface area contributed by atoms with Gasteiger partial charge < -0.3 is 29.2 Å². The minimum atomic E-state index is -0.470. The Hall–Kier alpha value is -3.51. The van der Waals surface area contributed by atoms with Crippen LogP contribution in [0.1, 0.15) is 32.2 Å². The molecule has 204 valence electrons. The van der Waals surface area contributed by atoms with Gasteiger partial charge in [0, 0.05) is 63.0 Å². The molecule has 0 aliphatic carbocycles. The largest absolute Gasteiger partial charge is 0.460 e. The first kappa shape index (κ1) is 25.8. The van der Waals surface area contributed by atoms with E-state index >= 15 is 0 Å². The maximum atomic E-state index is 13.0. The number of morpholine rings is 1. The summed E-state index contributed by atoms with van der Waals surface area (Å²) in [5.41, 5.74) is 1.76. The zero-order valence-corrected chi connectivity index (χ0v) is 22.5. The van der Waals surface area contributed by atoms with Gasteiger partial charge in [-0.1, -0.05) is 0 Å². The number of thiophene rings is 1. The fraction of sp³-hybridized carbons (Fsp3) is 0.393. The number of pyridine rings is 1. The van der Waals surface area contributed by atoms with Gasteiger partial charge in [-0.25, -0.2) is 0 Å². The predicted octanol–water partition coefficient (Wildman–Crippen LogP) is 3.41. The molecule has 0 unspecified atom stereocenters. The van der Waals surface area contributed by atoms with Crippen molar-refractivity contribution in [2.75, 3.05) is 52.5 Å². The maximum Gasteiger partial charge on any atom is 0.264 e. The summed E-state index contributed by atoms with van der Waals surface area (Å²) in [6, 6.07) is 8.93. The number of hydrogen-bond donors (Lipinski definition) is 2. The number of amides is 2. The van der Waals surface area contributed by atoms with Gasteiger partial charge in [0.05, 0.1) is 40.0 Å². The zero-order valence-electron chi connectivity index (χ0n) is 21.6. The molecule has 2 amide bonds. The number of aromatic nitrogens is 1. The Morgan fingerprint density at radius 2 is 2.05 bits per heavy atom. The molecular formula is C28H30N4O6S. The van der Waals surface area contributed by atoms with Crippen LogP contribution in [-0.2, 0) is 4.74 Å². The van der Waals surface area contributed by atoms with E-state index in [1.54, 1.807) is 42.3 Å². The SMILES string of the molecule is Cc1oc2cc(Oc3ccnc4cc(C(=O)N5CC[C@@H](O)C5)sc34)ccc2c1C(=O)NCCN1CCOCC1. The van der Waals surface area contributed by atoms with E-state index in [0.29, 0.717) is 64.9 Å². The van der Waals surface area contributed by atoms with Crippen molar-refractivity contribution in [3.05, 3.63) is 52.7 Å². The number of furan rings is 1. The topological polar surface area (TPSA) is 117 Å². The van der Waals surface area contributed by atoms with E-state index in [0.717, 1.165) is 42.9 Å². The molecule has 3 aromatic heterocycles. The first-order valence-corrected chi connectivity index (χ1v) is 13.9. The van der Waals surface area contributed by atoms with Crippen LogP contribution in [0.3, 0.4) is 0 Å². The fourth-order valence-corrected chi connectivity index (χ4v) is 6.13. The Bertz CT molecular complexity index is 1530. The van der Waals surface area contributed by atoms with Gasteiger partial charge in [-0.2, -0.15) is 0 Å². The van der Waals surface area contributed by atoms with Crippen molar-refractivity contribution >= 4 is 44.3 Å². The second kappa shape index (κ2) is 10.9. The molecule has 1 atom stereocenters. The minimum Gasteiger partial charge on any atom is -0.460 e. The highest BCUT2D eigenvalue weighted by Crippen LogP contribution is 2.37. The number of aryl methyl sites for hydroxylation is 1. The summed E-state index contributed by atoms with van der Waals surface area (Å²) in [6.07, 6.45) is 1.77. The molecule has 2 saturated heterocycles. The Morgan fingerprint density at radius 3 is 2.85 bits per heavy atom. The van der Waals surface area contributed by atoms with Crippen molar-refractivity contribution in [2.24, 2.45) is 0 Å². The Morgan fingerprint density at radius 1 is 1.21 bits per heavy atom. The third-order valence-corrected chi connectivity index (χ3v) is 8.27. The lowest BCUT2D eigenvalue weighted by Gasteiger charge is -2.26.